The highest BCUT2D eigenvalue weighted by Gasteiger charge is 2.61. The number of halogens is 1. The number of terminal acetylenes is 2. The maximum absolute atomic E-state index is 14.2. The second-order valence-electron chi connectivity index (χ2n) is 9.85. The maximum Gasteiger partial charge on any atom is 0.367 e. The molecule has 2 saturated heterocycles. The number of carboxylic acid groups (broad SMARTS) is 1. The van der Waals surface area contributed by atoms with Crippen LogP contribution in [0.25, 0.3) is 0 Å². The Labute approximate surface area is 245 Å². The summed E-state index contributed by atoms with van der Waals surface area (Å²) in [5, 5.41) is 97.4. The van der Waals surface area contributed by atoms with Crippen LogP contribution in [-0.2, 0) is 23.9 Å². The summed E-state index contributed by atoms with van der Waals surface area (Å²) >= 11 is 0. The molecule has 0 aromatic heterocycles. The van der Waals surface area contributed by atoms with E-state index in [0.717, 1.165) is 0 Å². The van der Waals surface area contributed by atoms with E-state index in [0.29, 0.717) is 0 Å². The van der Waals surface area contributed by atoms with Crippen molar-refractivity contribution in [2.24, 2.45) is 5.92 Å². The van der Waals surface area contributed by atoms with Crippen LogP contribution in [0.3, 0.4) is 0 Å². The van der Waals surface area contributed by atoms with Crippen molar-refractivity contribution in [3.63, 3.8) is 0 Å². The number of hydrogen-bond donors (Lipinski definition) is 11. The molecule has 11 N–H and O–H groups in total. The number of alkyl halides is 1. The van der Waals surface area contributed by atoms with Crippen molar-refractivity contribution < 1.29 is 79.3 Å². The van der Waals surface area contributed by atoms with Gasteiger partial charge < -0.3 is 65.9 Å². The van der Waals surface area contributed by atoms with Crippen molar-refractivity contribution in [2.45, 2.75) is 99.1 Å². The minimum Gasteiger partial charge on any atom is -0.477 e. The molecule has 2 aliphatic heterocycles. The second-order valence-corrected chi connectivity index (χ2v) is 9.85. The highest BCUT2D eigenvalue weighted by atomic mass is 19.1. The number of carboxylic acids is 1. The van der Waals surface area contributed by atoms with Crippen LogP contribution in [0.2, 0.25) is 0 Å². The second kappa shape index (κ2) is 17.5. The molecule has 244 valence electrons. The molecule has 2 aliphatic rings. The SMILES string of the molecule is C#CCCC(=O)CC1C(O)C(F)C(O)(C(=O)O)OC1[C@H](O)[C@H](O)CO.C#CCCC(=O)NC1C(O)OC(CO)C(O)C1O. The van der Waals surface area contributed by atoms with E-state index in [2.05, 4.69) is 17.2 Å². The summed E-state index contributed by atoms with van der Waals surface area (Å²) in [6.45, 7) is -1.51. The number of aliphatic carboxylic acids is 1. The summed E-state index contributed by atoms with van der Waals surface area (Å²) < 4.78 is 23.8. The summed E-state index contributed by atoms with van der Waals surface area (Å²) in [6.07, 6.45) is -6.35. The van der Waals surface area contributed by atoms with E-state index in [9.17, 15) is 54.5 Å². The molecular formula is C26H38FNO15. The quantitative estimate of drug-likeness (QED) is 0.0907. The van der Waals surface area contributed by atoms with Crippen molar-refractivity contribution in [3.8, 4) is 24.7 Å². The van der Waals surface area contributed by atoms with Gasteiger partial charge in [-0.25, -0.2) is 9.18 Å². The molecule has 16 nitrogen and oxygen atoms in total. The fourth-order valence-electron chi connectivity index (χ4n) is 4.33. The van der Waals surface area contributed by atoms with Crippen LogP contribution >= 0.6 is 0 Å². The number of hydrogen-bond acceptors (Lipinski definition) is 14. The van der Waals surface area contributed by atoms with Gasteiger partial charge in [-0.1, -0.05) is 0 Å². The van der Waals surface area contributed by atoms with Gasteiger partial charge in [-0.05, 0) is 0 Å². The minimum absolute atomic E-state index is 0.0476. The molecule has 0 bridgehead atoms. The lowest BCUT2D eigenvalue weighted by Crippen LogP contribution is -2.67. The Morgan fingerprint density at radius 3 is 2.07 bits per heavy atom. The number of rotatable bonds is 12. The molecule has 1 amide bonds. The van der Waals surface area contributed by atoms with Crippen LogP contribution in [-0.4, -0.2) is 149 Å². The predicted octanol–water partition coefficient (Wildman–Crippen LogP) is -5.12. The fourth-order valence-corrected chi connectivity index (χ4v) is 4.33. The first-order valence-corrected chi connectivity index (χ1v) is 13.0. The number of carbonyl (C=O) groups is 3. The van der Waals surface area contributed by atoms with Gasteiger partial charge in [0.1, 0.15) is 42.3 Å². The van der Waals surface area contributed by atoms with Crippen LogP contribution in [0.4, 0.5) is 4.39 Å². The third kappa shape index (κ3) is 9.86. The Morgan fingerprint density at radius 1 is 0.977 bits per heavy atom. The molecule has 10 unspecified atom stereocenters. The van der Waals surface area contributed by atoms with E-state index in [1.54, 1.807) is 0 Å². The van der Waals surface area contributed by atoms with Gasteiger partial charge in [0, 0.05) is 38.0 Å². The average Bonchev–Trinajstić information content (AvgIpc) is 2.98. The lowest BCUT2D eigenvalue weighted by atomic mass is 9.79. The minimum atomic E-state index is -3.49. The smallest absolute Gasteiger partial charge is 0.367 e. The van der Waals surface area contributed by atoms with Crippen molar-refractivity contribution in [1.82, 2.24) is 5.32 Å². The molecule has 0 aliphatic carbocycles. The summed E-state index contributed by atoms with van der Waals surface area (Å²) in [6, 6.07) is -1.16. The summed E-state index contributed by atoms with van der Waals surface area (Å²) in [5.41, 5.74) is 0. The number of aliphatic hydroxyl groups excluding tert-OH is 8. The van der Waals surface area contributed by atoms with Gasteiger partial charge in [0.05, 0.1) is 25.4 Å². The van der Waals surface area contributed by atoms with Crippen LogP contribution in [0.15, 0.2) is 0 Å². The Bertz CT molecular complexity index is 1020. The van der Waals surface area contributed by atoms with E-state index in [1.165, 1.54) is 0 Å². The Balaban J connectivity index is 0.000000453. The van der Waals surface area contributed by atoms with E-state index >= 15 is 0 Å². The molecule has 2 fully saturated rings. The van der Waals surface area contributed by atoms with E-state index in [-0.39, 0.29) is 25.7 Å². The van der Waals surface area contributed by atoms with Crippen LogP contribution in [0, 0.1) is 30.6 Å². The van der Waals surface area contributed by atoms with Gasteiger partial charge in [-0.15, -0.1) is 24.7 Å². The van der Waals surface area contributed by atoms with Gasteiger partial charge in [0.25, 0.3) is 0 Å². The Hall–Kier alpha value is -2.78. The summed E-state index contributed by atoms with van der Waals surface area (Å²) in [5.74, 6) is -3.61. The number of nitrogens with one attached hydrogen (secondary N) is 1. The third-order valence-electron chi connectivity index (χ3n) is 6.81. The molecule has 17 heteroatoms. The zero-order valence-electron chi connectivity index (χ0n) is 22.8. The average molecular weight is 624 g/mol. The maximum atomic E-state index is 14.2. The van der Waals surface area contributed by atoms with Gasteiger partial charge in [0.2, 0.25) is 5.91 Å². The van der Waals surface area contributed by atoms with Gasteiger partial charge in [-0.2, -0.15) is 0 Å². The molecule has 0 aromatic rings. The molecule has 43 heavy (non-hydrogen) atoms. The Kier molecular flexibility index (Phi) is 15.6. The largest absolute Gasteiger partial charge is 0.477 e. The molecule has 12 atom stereocenters. The lowest BCUT2D eigenvalue weighted by molar-refractivity contribution is -0.329. The standard InChI is InChI=1S/C15H21FO9.C11H17NO6/c1-2-3-4-7(18)5-8-10(20)13(16)15(24,14(22)23)25-12(8)11(21)9(19)6-17;1-2-3-4-7(14)12-8-10(16)9(15)6(5-13)18-11(8)17/h1,8-13,17,19-21,24H,3-6H2,(H,22,23);1,6,8-11,13,15-17H,3-5H2,(H,12,14)/t8?,9-,10?,11-,12?,13?,15?;/m1./s1. The van der Waals surface area contributed by atoms with Crippen molar-refractivity contribution in [2.75, 3.05) is 13.2 Å². The highest BCUT2D eigenvalue weighted by molar-refractivity contribution is 5.79. The topological polar surface area (TPSA) is 284 Å². The number of Topliss-reactive ketones (excluding diaryl/α,β-unsaturated/α-hetero) is 1. The number of carbonyl (C=O) groups excluding carboxylic acids is 2. The van der Waals surface area contributed by atoms with Gasteiger partial charge in [-0.3, -0.25) is 9.59 Å². The van der Waals surface area contributed by atoms with E-state index < -0.39 is 110 Å². The fraction of sp³-hybridized carbons (Fsp3) is 0.731. The molecule has 0 aromatic carbocycles. The van der Waals surface area contributed by atoms with Gasteiger partial charge >= 0.3 is 11.8 Å². The first kappa shape index (κ1) is 38.2. The zero-order chi connectivity index (χ0) is 33.1. The number of ether oxygens (including phenoxy) is 2. The van der Waals surface area contributed by atoms with Crippen LogP contribution < -0.4 is 5.32 Å². The van der Waals surface area contributed by atoms with Gasteiger partial charge in [0.15, 0.2) is 12.5 Å². The van der Waals surface area contributed by atoms with E-state index in [4.69, 9.17) is 37.6 Å². The van der Waals surface area contributed by atoms with E-state index in [1.807, 2.05) is 0 Å². The third-order valence-corrected chi connectivity index (χ3v) is 6.81. The molecule has 0 spiro atoms. The monoisotopic (exact) mass is 623 g/mol. The normalized spacial score (nSPS) is 35.2. The number of amides is 1. The molecule has 0 radical (unpaired) electrons. The first-order chi connectivity index (χ1) is 20.1. The summed E-state index contributed by atoms with van der Waals surface area (Å²) in [4.78, 5) is 34.4. The number of aliphatic hydroxyl groups is 9. The number of ketones is 1. The van der Waals surface area contributed by atoms with Crippen LogP contribution in [0.5, 0.6) is 0 Å². The molecule has 2 heterocycles. The van der Waals surface area contributed by atoms with Crippen molar-refractivity contribution in [1.29, 1.82) is 0 Å². The lowest BCUT2D eigenvalue weighted by Gasteiger charge is -2.46. The molecule has 0 saturated carbocycles. The molecule has 2 rings (SSSR count). The van der Waals surface area contributed by atoms with Crippen LogP contribution in [0.1, 0.15) is 32.1 Å². The zero-order valence-corrected chi connectivity index (χ0v) is 22.8. The van der Waals surface area contributed by atoms with Crippen molar-refractivity contribution >= 4 is 17.7 Å². The molecular weight excluding hydrogens is 585 g/mol. The predicted molar refractivity (Wildman–Crippen MR) is 139 cm³/mol. The Morgan fingerprint density at radius 2 is 1.56 bits per heavy atom. The summed E-state index contributed by atoms with van der Waals surface area (Å²) in [7, 11) is 0. The van der Waals surface area contributed by atoms with Crippen molar-refractivity contribution in [3.05, 3.63) is 0 Å². The first-order valence-electron chi connectivity index (χ1n) is 13.0. The highest BCUT2D eigenvalue weighted by Crippen LogP contribution is 2.38.